The van der Waals surface area contributed by atoms with E-state index >= 15 is 0 Å². The lowest BCUT2D eigenvalue weighted by Gasteiger charge is -2.23. The lowest BCUT2D eigenvalue weighted by molar-refractivity contribution is 0.616. The molecule has 1 aliphatic carbocycles. The molecule has 1 N–H and O–H groups in total. The maximum Gasteiger partial charge on any atom is 0.141 e. The van der Waals surface area contributed by atoms with Crippen LogP contribution in [0, 0.1) is 5.82 Å². The van der Waals surface area contributed by atoms with E-state index in [-0.39, 0.29) is 11.9 Å². The zero-order chi connectivity index (χ0) is 13.9. The number of pyridine rings is 1. The van der Waals surface area contributed by atoms with Crippen molar-refractivity contribution in [3.8, 4) is 0 Å². The zero-order valence-electron chi connectivity index (χ0n) is 11.7. The van der Waals surface area contributed by atoms with Gasteiger partial charge in [0.1, 0.15) is 5.82 Å². The molecular formula is C17H19FN2. The highest BCUT2D eigenvalue weighted by Crippen LogP contribution is 2.30. The van der Waals surface area contributed by atoms with Gasteiger partial charge in [-0.2, -0.15) is 0 Å². The summed E-state index contributed by atoms with van der Waals surface area (Å²) in [6.07, 6.45) is 7.78. The molecule has 1 heterocycles. The van der Waals surface area contributed by atoms with Crippen molar-refractivity contribution in [1.29, 1.82) is 0 Å². The minimum atomic E-state index is -0.286. The van der Waals surface area contributed by atoms with Crippen molar-refractivity contribution in [2.45, 2.75) is 38.6 Å². The molecule has 2 aromatic rings. The minimum absolute atomic E-state index is 0.0478. The molecule has 104 valence electrons. The van der Waals surface area contributed by atoms with E-state index in [1.807, 2.05) is 6.92 Å². The Balaban J connectivity index is 1.84. The Kier molecular flexibility index (Phi) is 3.68. The van der Waals surface area contributed by atoms with Gasteiger partial charge < -0.3 is 5.32 Å². The van der Waals surface area contributed by atoms with Gasteiger partial charge in [-0.15, -0.1) is 0 Å². The molecule has 0 radical (unpaired) electrons. The van der Waals surface area contributed by atoms with Gasteiger partial charge in [0.25, 0.3) is 0 Å². The van der Waals surface area contributed by atoms with E-state index in [9.17, 15) is 4.39 Å². The Morgan fingerprint density at radius 1 is 1.20 bits per heavy atom. The fourth-order valence-corrected chi connectivity index (χ4v) is 2.90. The van der Waals surface area contributed by atoms with Crippen LogP contribution in [0.1, 0.15) is 42.5 Å². The molecule has 1 unspecified atom stereocenters. The Hall–Kier alpha value is -1.90. The van der Waals surface area contributed by atoms with Crippen LogP contribution in [0.5, 0.6) is 0 Å². The van der Waals surface area contributed by atoms with Crippen molar-refractivity contribution in [2.75, 3.05) is 5.32 Å². The molecule has 0 spiro atoms. The first kappa shape index (κ1) is 13.1. The van der Waals surface area contributed by atoms with Gasteiger partial charge in [-0.3, -0.25) is 4.98 Å². The molecule has 3 heteroatoms. The van der Waals surface area contributed by atoms with Crippen molar-refractivity contribution in [2.24, 2.45) is 0 Å². The predicted molar refractivity (Wildman–Crippen MR) is 79.3 cm³/mol. The number of hydrogen-bond donors (Lipinski definition) is 1. The summed E-state index contributed by atoms with van der Waals surface area (Å²) in [7, 11) is 0. The number of benzene rings is 1. The van der Waals surface area contributed by atoms with Gasteiger partial charge in [0.05, 0.1) is 12.2 Å². The van der Waals surface area contributed by atoms with Crippen LogP contribution < -0.4 is 5.32 Å². The SMILES string of the molecule is CC(Nc1cccc2c1CCCC2)c1cncc(F)c1. The van der Waals surface area contributed by atoms with Crippen LogP contribution in [0.3, 0.4) is 0 Å². The van der Waals surface area contributed by atoms with Gasteiger partial charge >= 0.3 is 0 Å². The molecule has 1 aromatic carbocycles. The summed E-state index contributed by atoms with van der Waals surface area (Å²) in [6.45, 7) is 2.04. The highest BCUT2D eigenvalue weighted by molar-refractivity contribution is 5.56. The smallest absolute Gasteiger partial charge is 0.141 e. The van der Waals surface area contributed by atoms with Crippen molar-refractivity contribution < 1.29 is 4.39 Å². The van der Waals surface area contributed by atoms with Crippen LogP contribution in [-0.4, -0.2) is 4.98 Å². The van der Waals surface area contributed by atoms with E-state index in [2.05, 4.69) is 28.5 Å². The van der Waals surface area contributed by atoms with E-state index in [0.29, 0.717) is 0 Å². The summed E-state index contributed by atoms with van der Waals surface area (Å²) < 4.78 is 13.2. The van der Waals surface area contributed by atoms with Crippen molar-refractivity contribution >= 4 is 5.69 Å². The lowest BCUT2D eigenvalue weighted by atomic mass is 9.90. The molecule has 20 heavy (non-hydrogen) atoms. The molecule has 1 atom stereocenters. The number of rotatable bonds is 3. The summed E-state index contributed by atoms with van der Waals surface area (Å²) in [5.74, 6) is -0.286. The fraction of sp³-hybridized carbons (Fsp3) is 0.353. The molecule has 3 rings (SSSR count). The van der Waals surface area contributed by atoms with Gasteiger partial charge in [0.2, 0.25) is 0 Å². The molecule has 0 saturated heterocycles. The standard InChI is InChI=1S/C17H19FN2/c1-12(14-9-15(18)11-19-10-14)20-17-8-4-6-13-5-2-3-7-16(13)17/h4,6,8-12,20H,2-3,5,7H2,1H3. The maximum atomic E-state index is 13.2. The number of aryl methyl sites for hydroxylation is 1. The van der Waals surface area contributed by atoms with Crippen LogP contribution in [0.15, 0.2) is 36.7 Å². The van der Waals surface area contributed by atoms with Crippen LogP contribution in [0.25, 0.3) is 0 Å². The van der Waals surface area contributed by atoms with Crippen LogP contribution >= 0.6 is 0 Å². The molecule has 0 aliphatic heterocycles. The Bertz CT molecular complexity index is 610. The number of hydrogen-bond acceptors (Lipinski definition) is 2. The Labute approximate surface area is 119 Å². The summed E-state index contributed by atoms with van der Waals surface area (Å²) in [4.78, 5) is 3.92. The Morgan fingerprint density at radius 3 is 2.90 bits per heavy atom. The summed E-state index contributed by atoms with van der Waals surface area (Å²) in [5, 5.41) is 3.51. The molecular weight excluding hydrogens is 251 g/mol. The average molecular weight is 270 g/mol. The number of nitrogens with one attached hydrogen (secondary N) is 1. The number of anilines is 1. The first-order valence-electron chi connectivity index (χ1n) is 7.22. The Morgan fingerprint density at radius 2 is 2.05 bits per heavy atom. The second-order valence-corrected chi connectivity index (χ2v) is 5.45. The van der Waals surface area contributed by atoms with Crippen molar-refractivity contribution in [3.05, 3.63) is 59.2 Å². The van der Waals surface area contributed by atoms with Gasteiger partial charge in [-0.25, -0.2) is 4.39 Å². The van der Waals surface area contributed by atoms with E-state index < -0.39 is 0 Å². The van der Waals surface area contributed by atoms with Crippen LogP contribution in [0.4, 0.5) is 10.1 Å². The van der Waals surface area contributed by atoms with Gasteiger partial charge in [0.15, 0.2) is 0 Å². The third kappa shape index (κ3) is 2.67. The highest BCUT2D eigenvalue weighted by Gasteiger charge is 2.15. The summed E-state index contributed by atoms with van der Waals surface area (Å²) >= 11 is 0. The molecule has 0 amide bonds. The first-order chi connectivity index (χ1) is 9.74. The van der Waals surface area contributed by atoms with Crippen LogP contribution in [-0.2, 0) is 12.8 Å². The number of nitrogens with zero attached hydrogens (tertiary/aromatic N) is 1. The predicted octanol–water partition coefficient (Wildman–Crippen LogP) is 4.27. The largest absolute Gasteiger partial charge is 0.378 e. The van der Waals surface area contributed by atoms with Crippen LogP contribution in [0.2, 0.25) is 0 Å². The third-order valence-electron chi connectivity index (χ3n) is 3.99. The van der Waals surface area contributed by atoms with Crippen molar-refractivity contribution in [3.63, 3.8) is 0 Å². The highest BCUT2D eigenvalue weighted by atomic mass is 19.1. The molecule has 0 bridgehead atoms. The van der Waals surface area contributed by atoms with E-state index in [1.165, 1.54) is 42.3 Å². The normalized spacial score (nSPS) is 15.5. The molecule has 0 fully saturated rings. The van der Waals surface area contributed by atoms with Gasteiger partial charge in [-0.1, -0.05) is 12.1 Å². The van der Waals surface area contributed by atoms with E-state index in [0.717, 1.165) is 12.0 Å². The monoisotopic (exact) mass is 270 g/mol. The quantitative estimate of drug-likeness (QED) is 0.900. The maximum absolute atomic E-state index is 13.2. The van der Waals surface area contributed by atoms with E-state index in [1.54, 1.807) is 12.3 Å². The van der Waals surface area contributed by atoms with Gasteiger partial charge in [0, 0.05) is 11.9 Å². The molecule has 0 saturated carbocycles. The lowest BCUT2D eigenvalue weighted by Crippen LogP contribution is -2.12. The fourth-order valence-electron chi connectivity index (χ4n) is 2.90. The molecule has 1 aromatic heterocycles. The summed E-state index contributed by atoms with van der Waals surface area (Å²) in [5.41, 5.74) is 4.93. The first-order valence-corrected chi connectivity index (χ1v) is 7.22. The van der Waals surface area contributed by atoms with Gasteiger partial charge in [-0.05, 0) is 61.4 Å². The second kappa shape index (κ2) is 5.61. The second-order valence-electron chi connectivity index (χ2n) is 5.45. The molecule has 2 nitrogen and oxygen atoms in total. The van der Waals surface area contributed by atoms with E-state index in [4.69, 9.17) is 0 Å². The number of halogens is 1. The number of fused-ring (bicyclic) bond motifs is 1. The minimum Gasteiger partial charge on any atom is -0.378 e. The zero-order valence-corrected chi connectivity index (χ0v) is 11.7. The summed E-state index contributed by atoms with van der Waals surface area (Å²) in [6, 6.07) is 8.02. The topological polar surface area (TPSA) is 24.9 Å². The number of aromatic nitrogens is 1. The molecule has 1 aliphatic rings. The average Bonchev–Trinajstić information content (AvgIpc) is 2.47. The van der Waals surface area contributed by atoms with Crippen molar-refractivity contribution in [1.82, 2.24) is 4.98 Å². The third-order valence-corrected chi connectivity index (χ3v) is 3.99.